The molecule has 1 fully saturated rings. The van der Waals surface area contributed by atoms with Crippen molar-refractivity contribution >= 4 is 17.2 Å². The van der Waals surface area contributed by atoms with Crippen molar-refractivity contribution in [3.05, 3.63) is 16.1 Å². The molecule has 0 bridgehead atoms. The molecule has 112 valence electrons. The van der Waals surface area contributed by atoms with Crippen LogP contribution in [0.25, 0.3) is 0 Å². The minimum atomic E-state index is 0.0681. The van der Waals surface area contributed by atoms with Gasteiger partial charge in [-0.3, -0.25) is 9.69 Å². The van der Waals surface area contributed by atoms with E-state index in [1.807, 2.05) is 13.8 Å². The van der Waals surface area contributed by atoms with E-state index in [2.05, 4.69) is 20.6 Å². The molecule has 0 unspecified atom stereocenters. The van der Waals surface area contributed by atoms with Gasteiger partial charge >= 0.3 is 0 Å². The normalized spacial score (nSPS) is 18.9. The molecule has 0 saturated carbocycles. The molecule has 1 aliphatic heterocycles. The number of nitrogens with two attached hydrogens (primary N) is 1. The maximum Gasteiger partial charge on any atom is 0.223 e. The second kappa shape index (κ2) is 7.15. The Bertz CT molecular complexity index is 440. The third-order valence-electron chi connectivity index (χ3n) is 3.75. The highest BCUT2D eigenvalue weighted by molar-refractivity contribution is 7.09. The lowest BCUT2D eigenvalue weighted by Gasteiger charge is -2.31. The monoisotopic (exact) mass is 296 g/mol. The quantitative estimate of drug-likeness (QED) is 0.854. The molecule has 5 nitrogen and oxygen atoms in total. The zero-order valence-corrected chi connectivity index (χ0v) is 13.1. The van der Waals surface area contributed by atoms with E-state index in [0.29, 0.717) is 6.54 Å². The van der Waals surface area contributed by atoms with Crippen molar-refractivity contribution in [3.8, 4) is 0 Å². The number of aromatic nitrogens is 1. The Morgan fingerprint density at radius 3 is 2.85 bits per heavy atom. The fourth-order valence-corrected chi connectivity index (χ4v) is 3.09. The molecule has 6 heteroatoms. The van der Waals surface area contributed by atoms with E-state index < -0.39 is 0 Å². The highest BCUT2D eigenvalue weighted by Crippen LogP contribution is 2.20. The van der Waals surface area contributed by atoms with E-state index in [1.54, 1.807) is 11.3 Å². The van der Waals surface area contributed by atoms with Gasteiger partial charge in [-0.25, -0.2) is 4.98 Å². The number of nitrogens with zero attached hydrogens (tertiary/aromatic N) is 2. The molecule has 2 heterocycles. The predicted octanol–water partition coefficient (Wildman–Crippen LogP) is 1.13. The van der Waals surface area contributed by atoms with Crippen LogP contribution in [-0.2, 0) is 11.3 Å². The maximum absolute atomic E-state index is 12.0. The van der Waals surface area contributed by atoms with Crippen molar-refractivity contribution in [3.63, 3.8) is 0 Å². The van der Waals surface area contributed by atoms with Gasteiger partial charge in [0.25, 0.3) is 0 Å². The molecule has 1 atom stereocenters. The van der Waals surface area contributed by atoms with Gasteiger partial charge < -0.3 is 11.1 Å². The van der Waals surface area contributed by atoms with Gasteiger partial charge in [0.1, 0.15) is 0 Å². The Kier molecular flexibility index (Phi) is 5.51. The van der Waals surface area contributed by atoms with Gasteiger partial charge in [0.2, 0.25) is 5.91 Å². The van der Waals surface area contributed by atoms with Crippen LogP contribution < -0.4 is 11.1 Å². The Labute approximate surface area is 124 Å². The number of hydrogen-bond acceptors (Lipinski definition) is 5. The van der Waals surface area contributed by atoms with Crippen molar-refractivity contribution in [1.82, 2.24) is 15.2 Å². The molecule has 1 saturated heterocycles. The summed E-state index contributed by atoms with van der Waals surface area (Å²) in [5, 5.41) is 6.21. The van der Waals surface area contributed by atoms with Gasteiger partial charge in [0.05, 0.1) is 10.7 Å². The fourth-order valence-electron chi connectivity index (χ4n) is 2.48. The Morgan fingerprint density at radius 1 is 1.60 bits per heavy atom. The van der Waals surface area contributed by atoms with Crippen LogP contribution in [0.3, 0.4) is 0 Å². The first-order valence-electron chi connectivity index (χ1n) is 7.22. The Hall–Kier alpha value is -0.980. The minimum Gasteiger partial charge on any atom is -0.352 e. The summed E-state index contributed by atoms with van der Waals surface area (Å²) in [6.07, 6.45) is 1.85. The SMILES string of the molecule is Cc1nc(CN2CCC(C(=O)N[C@@H](C)CN)CC2)cs1. The van der Waals surface area contributed by atoms with Crippen molar-refractivity contribution in [2.75, 3.05) is 19.6 Å². The molecule has 1 aromatic rings. The molecule has 0 aliphatic carbocycles. The second-order valence-electron chi connectivity index (χ2n) is 5.55. The lowest BCUT2D eigenvalue weighted by Crippen LogP contribution is -2.44. The largest absolute Gasteiger partial charge is 0.352 e. The number of piperidine rings is 1. The molecular weight excluding hydrogens is 272 g/mol. The van der Waals surface area contributed by atoms with Crippen LogP contribution in [0.15, 0.2) is 5.38 Å². The molecule has 0 aromatic carbocycles. The van der Waals surface area contributed by atoms with Crippen LogP contribution in [0.1, 0.15) is 30.5 Å². The first kappa shape index (κ1) is 15.4. The molecular formula is C14H24N4OS. The highest BCUT2D eigenvalue weighted by atomic mass is 32.1. The van der Waals surface area contributed by atoms with Gasteiger partial charge in [-0.2, -0.15) is 0 Å². The van der Waals surface area contributed by atoms with Gasteiger partial charge in [-0.05, 0) is 39.8 Å². The van der Waals surface area contributed by atoms with Crippen molar-refractivity contribution < 1.29 is 4.79 Å². The molecule has 0 spiro atoms. The van der Waals surface area contributed by atoms with Crippen LogP contribution in [0, 0.1) is 12.8 Å². The zero-order chi connectivity index (χ0) is 14.5. The molecule has 0 radical (unpaired) electrons. The summed E-state index contributed by atoms with van der Waals surface area (Å²) >= 11 is 1.69. The predicted molar refractivity (Wildman–Crippen MR) is 81.5 cm³/mol. The number of aryl methyl sites for hydroxylation is 1. The molecule has 20 heavy (non-hydrogen) atoms. The van der Waals surface area contributed by atoms with Gasteiger partial charge in [0, 0.05) is 30.4 Å². The lowest BCUT2D eigenvalue weighted by molar-refractivity contribution is -0.127. The number of carbonyl (C=O) groups is 1. The van der Waals surface area contributed by atoms with Crippen molar-refractivity contribution in [1.29, 1.82) is 0 Å². The van der Waals surface area contributed by atoms with E-state index in [4.69, 9.17) is 5.73 Å². The van der Waals surface area contributed by atoms with E-state index >= 15 is 0 Å². The molecule has 1 aromatic heterocycles. The summed E-state index contributed by atoms with van der Waals surface area (Å²) in [6, 6.07) is 0.0681. The first-order valence-corrected chi connectivity index (χ1v) is 8.10. The average Bonchev–Trinajstić information content (AvgIpc) is 2.84. The van der Waals surface area contributed by atoms with Crippen LogP contribution in [0.4, 0.5) is 0 Å². The topological polar surface area (TPSA) is 71.2 Å². The smallest absolute Gasteiger partial charge is 0.223 e. The van der Waals surface area contributed by atoms with Crippen LogP contribution in [-0.4, -0.2) is 41.5 Å². The van der Waals surface area contributed by atoms with E-state index in [-0.39, 0.29) is 17.9 Å². The van der Waals surface area contributed by atoms with Gasteiger partial charge in [0.15, 0.2) is 0 Å². The molecule has 1 amide bonds. The number of nitrogens with one attached hydrogen (secondary N) is 1. The van der Waals surface area contributed by atoms with E-state index in [9.17, 15) is 4.79 Å². The number of carbonyl (C=O) groups excluding carboxylic acids is 1. The summed E-state index contributed by atoms with van der Waals surface area (Å²) in [5.74, 6) is 0.296. The summed E-state index contributed by atoms with van der Waals surface area (Å²) in [6.45, 7) is 7.30. The summed E-state index contributed by atoms with van der Waals surface area (Å²) in [7, 11) is 0. The zero-order valence-electron chi connectivity index (χ0n) is 12.3. The molecule has 1 aliphatic rings. The van der Waals surface area contributed by atoms with Gasteiger partial charge in [-0.1, -0.05) is 0 Å². The summed E-state index contributed by atoms with van der Waals surface area (Å²) < 4.78 is 0. The number of thiazole rings is 1. The number of likely N-dealkylation sites (tertiary alicyclic amines) is 1. The average molecular weight is 296 g/mol. The third-order valence-corrected chi connectivity index (χ3v) is 4.58. The summed E-state index contributed by atoms with van der Waals surface area (Å²) in [4.78, 5) is 18.9. The molecule has 2 rings (SSSR count). The van der Waals surface area contributed by atoms with Crippen molar-refractivity contribution in [2.45, 2.75) is 39.3 Å². The number of rotatable bonds is 5. The van der Waals surface area contributed by atoms with Crippen LogP contribution >= 0.6 is 11.3 Å². The first-order chi connectivity index (χ1) is 9.58. The van der Waals surface area contributed by atoms with Crippen LogP contribution in [0.5, 0.6) is 0 Å². The van der Waals surface area contributed by atoms with Gasteiger partial charge in [-0.15, -0.1) is 11.3 Å². The second-order valence-corrected chi connectivity index (χ2v) is 6.62. The van der Waals surface area contributed by atoms with E-state index in [1.165, 1.54) is 0 Å². The Morgan fingerprint density at radius 2 is 2.30 bits per heavy atom. The third kappa shape index (κ3) is 4.26. The minimum absolute atomic E-state index is 0.0681. The lowest BCUT2D eigenvalue weighted by atomic mass is 9.95. The fraction of sp³-hybridized carbons (Fsp3) is 0.714. The number of hydrogen-bond donors (Lipinski definition) is 2. The molecule has 3 N–H and O–H groups in total. The van der Waals surface area contributed by atoms with Crippen molar-refractivity contribution in [2.24, 2.45) is 11.7 Å². The Balaban J connectivity index is 1.76. The van der Waals surface area contributed by atoms with Crippen LogP contribution in [0.2, 0.25) is 0 Å². The van der Waals surface area contributed by atoms with E-state index in [0.717, 1.165) is 43.2 Å². The summed E-state index contributed by atoms with van der Waals surface area (Å²) in [5.41, 5.74) is 6.68. The maximum atomic E-state index is 12.0. The highest BCUT2D eigenvalue weighted by Gasteiger charge is 2.25. The number of amides is 1. The standard InChI is InChI=1S/C14H24N4OS/c1-10(7-15)16-14(19)12-3-5-18(6-4-12)8-13-9-20-11(2)17-13/h9-10,12H,3-8,15H2,1-2H3,(H,16,19)/t10-/m0/s1.